The van der Waals surface area contributed by atoms with Crippen molar-refractivity contribution in [2.75, 3.05) is 51.2 Å². The smallest absolute Gasteiger partial charge is 0.147 e. The molecule has 0 aliphatic carbocycles. The van der Waals surface area contributed by atoms with Crippen molar-refractivity contribution in [1.82, 2.24) is 14.8 Å². The fourth-order valence-corrected chi connectivity index (χ4v) is 7.42. The number of benzene rings is 2. The highest BCUT2D eigenvalue weighted by molar-refractivity contribution is 7.99. The van der Waals surface area contributed by atoms with Crippen molar-refractivity contribution in [2.45, 2.75) is 61.3 Å². The number of hydrogen-bond acceptors (Lipinski definition) is 6. The Labute approximate surface area is 238 Å². The standard InChI is InChI=1S/C33H42N4OS/c1-35-21-14-33(15-22-35)16-23-36(24-17-33)19-6-3-7-20-37-29-25-28(38-26-27-9-4-2-5-10-27)12-13-30(29)39-31-11-8-18-34-32(31)37/h2,4-5,8-13,18,25H,3,6-7,14-17,19-24,26H2,1H3. The molecule has 2 aromatic carbocycles. The Morgan fingerprint density at radius 3 is 2.41 bits per heavy atom. The van der Waals surface area contributed by atoms with Crippen LogP contribution in [0.25, 0.3) is 0 Å². The van der Waals surface area contributed by atoms with E-state index in [1.165, 1.54) is 98.7 Å². The number of unbranched alkanes of at least 4 members (excludes halogenated alkanes) is 2. The van der Waals surface area contributed by atoms with E-state index in [0.717, 1.165) is 18.1 Å². The van der Waals surface area contributed by atoms with E-state index in [2.05, 4.69) is 70.3 Å². The topological polar surface area (TPSA) is 31.8 Å². The summed E-state index contributed by atoms with van der Waals surface area (Å²) in [6, 6.07) is 21.1. The van der Waals surface area contributed by atoms with Crippen molar-refractivity contribution in [2.24, 2.45) is 5.41 Å². The van der Waals surface area contributed by atoms with E-state index in [1.807, 2.05) is 30.1 Å². The van der Waals surface area contributed by atoms with Gasteiger partial charge in [-0.05, 0) is 114 Å². The molecule has 0 bridgehead atoms. The molecule has 4 heterocycles. The largest absolute Gasteiger partial charge is 0.489 e. The molecule has 6 rings (SSSR count). The normalized spacial score (nSPS) is 19.1. The number of likely N-dealkylation sites (tertiary alicyclic amines) is 2. The average molecular weight is 543 g/mol. The third kappa shape index (κ3) is 6.45. The Kier molecular flexibility index (Phi) is 8.43. The zero-order valence-electron chi connectivity index (χ0n) is 23.4. The number of aromatic nitrogens is 1. The predicted octanol–water partition coefficient (Wildman–Crippen LogP) is 7.24. The van der Waals surface area contributed by atoms with Gasteiger partial charge >= 0.3 is 0 Å². The summed E-state index contributed by atoms with van der Waals surface area (Å²) in [6.07, 6.45) is 11.2. The van der Waals surface area contributed by atoms with Gasteiger partial charge in [-0.3, -0.25) is 0 Å². The lowest BCUT2D eigenvalue weighted by Gasteiger charge is -2.46. The summed E-state index contributed by atoms with van der Waals surface area (Å²) in [5.41, 5.74) is 3.05. The van der Waals surface area contributed by atoms with Crippen LogP contribution in [0.2, 0.25) is 0 Å². The van der Waals surface area contributed by atoms with Crippen LogP contribution in [0, 0.1) is 5.41 Å². The molecule has 0 atom stereocenters. The summed E-state index contributed by atoms with van der Waals surface area (Å²) < 4.78 is 6.19. The number of rotatable bonds is 9. The summed E-state index contributed by atoms with van der Waals surface area (Å²) in [4.78, 5) is 15.0. The minimum atomic E-state index is 0.580. The Morgan fingerprint density at radius 1 is 0.821 bits per heavy atom. The van der Waals surface area contributed by atoms with E-state index in [4.69, 9.17) is 9.72 Å². The van der Waals surface area contributed by atoms with Crippen LogP contribution in [0.1, 0.15) is 50.5 Å². The van der Waals surface area contributed by atoms with E-state index < -0.39 is 0 Å². The molecular weight excluding hydrogens is 500 g/mol. The van der Waals surface area contributed by atoms with Crippen LogP contribution in [-0.4, -0.2) is 61.1 Å². The lowest BCUT2D eigenvalue weighted by atomic mass is 9.71. The summed E-state index contributed by atoms with van der Waals surface area (Å²) in [7, 11) is 2.27. The molecule has 5 nitrogen and oxygen atoms in total. The maximum absolute atomic E-state index is 6.19. The summed E-state index contributed by atoms with van der Waals surface area (Å²) >= 11 is 1.81. The van der Waals surface area contributed by atoms with E-state index in [-0.39, 0.29) is 0 Å². The molecule has 3 aliphatic rings. The molecule has 2 saturated heterocycles. The molecular formula is C33H42N4OS. The van der Waals surface area contributed by atoms with Gasteiger partial charge in [0.15, 0.2) is 0 Å². The Balaban J connectivity index is 1.03. The number of piperidine rings is 2. The number of pyridine rings is 1. The number of nitrogens with zero attached hydrogens (tertiary/aromatic N) is 4. The van der Waals surface area contributed by atoms with E-state index in [1.54, 1.807) is 0 Å². The van der Waals surface area contributed by atoms with Crippen LogP contribution in [0.4, 0.5) is 11.5 Å². The zero-order valence-corrected chi connectivity index (χ0v) is 24.2. The Bertz CT molecular complexity index is 1220. The summed E-state index contributed by atoms with van der Waals surface area (Å²) in [5.74, 6) is 1.99. The molecule has 6 heteroatoms. The van der Waals surface area contributed by atoms with Crippen molar-refractivity contribution in [1.29, 1.82) is 0 Å². The highest BCUT2D eigenvalue weighted by Gasteiger charge is 2.36. The second-order valence-electron chi connectivity index (χ2n) is 11.7. The molecule has 0 unspecified atom stereocenters. The minimum Gasteiger partial charge on any atom is -0.489 e. The number of hydrogen-bond donors (Lipinski definition) is 0. The van der Waals surface area contributed by atoms with Gasteiger partial charge in [0.05, 0.1) is 10.6 Å². The summed E-state index contributed by atoms with van der Waals surface area (Å²) in [5, 5.41) is 0. The van der Waals surface area contributed by atoms with E-state index in [9.17, 15) is 0 Å². The SMILES string of the molecule is CN1CCC2(CC1)CCN(CCCCCN1c3cc(OCc4ccccc4)ccc3Sc3cccnc31)CC2. The van der Waals surface area contributed by atoms with Gasteiger partial charge in [-0.15, -0.1) is 0 Å². The first-order valence-corrected chi connectivity index (χ1v) is 15.6. The van der Waals surface area contributed by atoms with Crippen LogP contribution < -0.4 is 9.64 Å². The molecule has 0 N–H and O–H groups in total. The van der Waals surface area contributed by atoms with Gasteiger partial charge in [0.1, 0.15) is 18.2 Å². The fraction of sp³-hybridized carbons (Fsp3) is 0.485. The number of ether oxygens (including phenoxy) is 1. The van der Waals surface area contributed by atoms with Crippen molar-refractivity contribution >= 4 is 23.3 Å². The van der Waals surface area contributed by atoms with E-state index in [0.29, 0.717) is 12.0 Å². The van der Waals surface area contributed by atoms with Crippen molar-refractivity contribution in [3.05, 3.63) is 72.4 Å². The first kappa shape index (κ1) is 26.7. The third-order valence-electron chi connectivity index (χ3n) is 9.02. The molecule has 2 fully saturated rings. The maximum Gasteiger partial charge on any atom is 0.147 e. The second-order valence-corrected chi connectivity index (χ2v) is 12.8. The van der Waals surface area contributed by atoms with Gasteiger partial charge in [-0.2, -0.15) is 0 Å². The quantitative estimate of drug-likeness (QED) is 0.265. The molecule has 206 valence electrons. The number of fused-ring (bicyclic) bond motifs is 2. The molecule has 3 aromatic rings. The van der Waals surface area contributed by atoms with Gasteiger partial charge < -0.3 is 19.4 Å². The van der Waals surface area contributed by atoms with Crippen LogP contribution in [0.3, 0.4) is 0 Å². The van der Waals surface area contributed by atoms with Gasteiger partial charge in [-0.25, -0.2) is 4.98 Å². The molecule has 0 radical (unpaired) electrons. The molecule has 39 heavy (non-hydrogen) atoms. The minimum absolute atomic E-state index is 0.580. The van der Waals surface area contributed by atoms with E-state index >= 15 is 0 Å². The molecule has 3 aliphatic heterocycles. The second kappa shape index (κ2) is 12.3. The molecule has 1 aromatic heterocycles. The lowest BCUT2D eigenvalue weighted by Crippen LogP contribution is -2.46. The van der Waals surface area contributed by atoms with Gasteiger partial charge in [0, 0.05) is 23.7 Å². The Hall–Kier alpha value is -2.54. The van der Waals surface area contributed by atoms with Crippen molar-refractivity contribution < 1.29 is 4.74 Å². The Morgan fingerprint density at radius 2 is 1.59 bits per heavy atom. The zero-order chi connectivity index (χ0) is 26.5. The first-order chi connectivity index (χ1) is 19.2. The van der Waals surface area contributed by atoms with Gasteiger partial charge in [0.25, 0.3) is 0 Å². The van der Waals surface area contributed by atoms with Crippen LogP contribution in [0.15, 0.2) is 76.7 Å². The third-order valence-corrected chi connectivity index (χ3v) is 10.1. The fourth-order valence-electron chi connectivity index (χ4n) is 6.37. The highest BCUT2D eigenvalue weighted by Crippen LogP contribution is 2.48. The highest BCUT2D eigenvalue weighted by atomic mass is 32.2. The van der Waals surface area contributed by atoms with Crippen LogP contribution >= 0.6 is 11.8 Å². The lowest BCUT2D eigenvalue weighted by molar-refractivity contribution is 0.0423. The summed E-state index contributed by atoms with van der Waals surface area (Å²) in [6.45, 7) is 7.97. The molecule has 0 saturated carbocycles. The predicted molar refractivity (Wildman–Crippen MR) is 161 cm³/mol. The van der Waals surface area contributed by atoms with Gasteiger partial charge in [-0.1, -0.05) is 48.5 Å². The number of anilines is 2. The van der Waals surface area contributed by atoms with Crippen LogP contribution in [0.5, 0.6) is 5.75 Å². The van der Waals surface area contributed by atoms with Crippen molar-refractivity contribution in [3.8, 4) is 5.75 Å². The maximum atomic E-state index is 6.19. The first-order valence-electron chi connectivity index (χ1n) is 14.8. The van der Waals surface area contributed by atoms with Crippen LogP contribution in [-0.2, 0) is 6.61 Å². The van der Waals surface area contributed by atoms with Crippen molar-refractivity contribution in [3.63, 3.8) is 0 Å². The van der Waals surface area contributed by atoms with Gasteiger partial charge in [0.2, 0.25) is 0 Å². The molecule has 1 spiro atoms. The monoisotopic (exact) mass is 542 g/mol. The molecule has 0 amide bonds. The average Bonchev–Trinajstić information content (AvgIpc) is 2.98.